The third-order valence-electron chi connectivity index (χ3n) is 3.63. The first-order valence-corrected chi connectivity index (χ1v) is 7.98. The molecule has 22 heavy (non-hydrogen) atoms. The van der Waals surface area contributed by atoms with Gasteiger partial charge in [0.05, 0.1) is 6.54 Å². The number of aromatic nitrogens is 4. The number of rotatable bonds is 5. The SMILES string of the molecule is Cc1nc2ncnn2c(C)c1CCC(=O)NCc1cccs1. The van der Waals surface area contributed by atoms with E-state index in [4.69, 9.17) is 0 Å². The van der Waals surface area contributed by atoms with Gasteiger partial charge in [0, 0.05) is 22.7 Å². The fraction of sp³-hybridized carbons (Fsp3) is 0.333. The molecule has 0 aliphatic carbocycles. The average molecular weight is 315 g/mol. The van der Waals surface area contributed by atoms with E-state index in [0.717, 1.165) is 21.8 Å². The molecule has 114 valence electrons. The molecule has 1 N–H and O–H groups in total. The van der Waals surface area contributed by atoms with Crippen LogP contribution in [0.4, 0.5) is 0 Å². The molecule has 0 radical (unpaired) electrons. The molecule has 0 saturated heterocycles. The van der Waals surface area contributed by atoms with Crippen LogP contribution >= 0.6 is 11.3 Å². The lowest BCUT2D eigenvalue weighted by Gasteiger charge is -2.10. The highest BCUT2D eigenvalue weighted by Crippen LogP contribution is 2.15. The summed E-state index contributed by atoms with van der Waals surface area (Å²) in [4.78, 5) is 21.7. The summed E-state index contributed by atoms with van der Waals surface area (Å²) in [5.74, 6) is 0.645. The van der Waals surface area contributed by atoms with Gasteiger partial charge in [0.2, 0.25) is 5.91 Å². The van der Waals surface area contributed by atoms with Gasteiger partial charge in [-0.05, 0) is 37.3 Å². The number of hydrogen-bond acceptors (Lipinski definition) is 5. The maximum Gasteiger partial charge on any atom is 0.252 e. The van der Waals surface area contributed by atoms with Crippen molar-refractivity contribution in [2.75, 3.05) is 0 Å². The first-order valence-electron chi connectivity index (χ1n) is 7.10. The predicted molar refractivity (Wildman–Crippen MR) is 84.7 cm³/mol. The molecule has 0 saturated carbocycles. The second-order valence-electron chi connectivity index (χ2n) is 5.09. The lowest BCUT2D eigenvalue weighted by molar-refractivity contribution is -0.121. The van der Waals surface area contributed by atoms with Gasteiger partial charge in [-0.3, -0.25) is 4.79 Å². The quantitative estimate of drug-likeness (QED) is 0.782. The summed E-state index contributed by atoms with van der Waals surface area (Å²) in [6, 6.07) is 4.00. The molecule has 7 heteroatoms. The van der Waals surface area contributed by atoms with Crippen LogP contribution in [0.15, 0.2) is 23.8 Å². The molecule has 6 nitrogen and oxygen atoms in total. The number of thiophene rings is 1. The number of carbonyl (C=O) groups excluding carboxylic acids is 1. The zero-order chi connectivity index (χ0) is 15.5. The van der Waals surface area contributed by atoms with Crippen LogP contribution in [-0.4, -0.2) is 25.5 Å². The van der Waals surface area contributed by atoms with Crippen LogP contribution in [0.2, 0.25) is 0 Å². The maximum atomic E-state index is 12.0. The average Bonchev–Trinajstić information content (AvgIpc) is 3.15. The molecule has 0 aliphatic rings. The van der Waals surface area contributed by atoms with Gasteiger partial charge in [0.1, 0.15) is 6.33 Å². The Morgan fingerprint density at radius 2 is 2.27 bits per heavy atom. The highest BCUT2D eigenvalue weighted by molar-refractivity contribution is 7.09. The molecule has 1 amide bonds. The number of aryl methyl sites for hydroxylation is 2. The van der Waals surface area contributed by atoms with E-state index in [1.165, 1.54) is 6.33 Å². The molecule has 3 aromatic rings. The van der Waals surface area contributed by atoms with Crippen molar-refractivity contribution >= 4 is 23.0 Å². The summed E-state index contributed by atoms with van der Waals surface area (Å²) in [7, 11) is 0. The highest BCUT2D eigenvalue weighted by Gasteiger charge is 2.12. The topological polar surface area (TPSA) is 72.2 Å². The number of hydrogen-bond donors (Lipinski definition) is 1. The van der Waals surface area contributed by atoms with Crippen LogP contribution in [0, 0.1) is 13.8 Å². The molecule has 0 spiro atoms. The summed E-state index contributed by atoms with van der Waals surface area (Å²) in [6.07, 6.45) is 2.58. The summed E-state index contributed by atoms with van der Waals surface area (Å²) < 4.78 is 1.71. The zero-order valence-electron chi connectivity index (χ0n) is 12.5. The Bertz CT molecular complexity index is 794. The molecule has 0 aromatic carbocycles. The van der Waals surface area contributed by atoms with Crippen LogP contribution in [0.3, 0.4) is 0 Å². The number of nitrogens with one attached hydrogen (secondary N) is 1. The minimum absolute atomic E-state index is 0.0471. The van der Waals surface area contributed by atoms with Gasteiger partial charge in [-0.15, -0.1) is 11.3 Å². The van der Waals surface area contributed by atoms with Gasteiger partial charge in [-0.25, -0.2) is 9.50 Å². The molecule has 0 aliphatic heterocycles. The Morgan fingerprint density at radius 3 is 3.05 bits per heavy atom. The summed E-state index contributed by atoms with van der Waals surface area (Å²) in [6.45, 7) is 4.52. The molecule has 3 heterocycles. The van der Waals surface area contributed by atoms with Gasteiger partial charge in [0.15, 0.2) is 0 Å². The summed E-state index contributed by atoms with van der Waals surface area (Å²) >= 11 is 1.64. The standard InChI is InChI=1S/C15H17N5OS/c1-10-13(11(2)20-15(19-10)17-9-18-20)5-6-14(21)16-8-12-4-3-7-22-12/h3-4,7,9H,5-6,8H2,1-2H3,(H,16,21). The van der Waals surface area contributed by atoms with Crippen molar-refractivity contribution in [3.05, 3.63) is 45.7 Å². The number of fused-ring (bicyclic) bond motifs is 1. The Kier molecular flexibility index (Phi) is 4.15. The molecule has 0 unspecified atom stereocenters. The van der Waals surface area contributed by atoms with Crippen molar-refractivity contribution in [1.82, 2.24) is 24.9 Å². The number of nitrogens with zero attached hydrogens (tertiary/aromatic N) is 4. The van der Waals surface area contributed by atoms with E-state index in [2.05, 4.69) is 20.4 Å². The maximum absolute atomic E-state index is 12.0. The van der Waals surface area contributed by atoms with Crippen molar-refractivity contribution < 1.29 is 4.79 Å². The number of carbonyl (C=O) groups is 1. The lowest BCUT2D eigenvalue weighted by Crippen LogP contribution is -2.23. The van der Waals surface area contributed by atoms with Gasteiger partial charge in [0.25, 0.3) is 5.78 Å². The molecule has 0 fully saturated rings. The largest absolute Gasteiger partial charge is 0.351 e. The van der Waals surface area contributed by atoms with Crippen molar-refractivity contribution in [2.45, 2.75) is 33.2 Å². The fourth-order valence-corrected chi connectivity index (χ4v) is 3.09. The molecule has 3 rings (SSSR count). The van der Waals surface area contributed by atoms with Crippen molar-refractivity contribution in [3.8, 4) is 0 Å². The van der Waals surface area contributed by atoms with E-state index in [1.54, 1.807) is 15.9 Å². The Balaban J connectivity index is 1.64. The minimum atomic E-state index is 0.0471. The van der Waals surface area contributed by atoms with E-state index < -0.39 is 0 Å². The fourth-order valence-electron chi connectivity index (χ4n) is 2.44. The summed E-state index contributed by atoms with van der Waals surface area (Å²) in [5.41, 5.74) is 2.96. The number of amides is 1. The van der Waals surface area contributed by atoms with E-state index in [1.807, 2.05) is 31.4 Å². The van der Waals surface area contributed by atoms with E-state index in [9.17, 15) is 4.79 Å². The minimum Gasteiger partial charge on any atom is -0.351 e. The molecular formula is C15H17N5OS. The Hall–Kier alpha value is -2.28. The molecular weight excluding hydrogens is 298 g/mol. The van der Waals surface area contributed by atoms with Crippen LogP contribution < -0.4 is 5.32 Å². The van der Waals surface area contributed by atoms with Gasteiger partial charge in [-0.2, -0.15) is 10.1 Å². The highest BCUT2D eigenvalue weighted by atomic mass is 32.1. The van der Waals surface area contributed by atoms with Crippen molar-refractivity contribution in [1.29, 1.82) is 0 Å². The normalized spacial score (nSPS) is 11.0. The third-order valence-corrected chi connectivity index (χ3v) is 4.51. The predicted octanol–water partition coefficient (Wildman–Crippen LogP) is 2.05. The van der Waals surface area contributed by atoms with Crippen molar-refractivity contribution in [3.63, 3.8) is 0 Å². The second-order valence-corrected chi connectivity index (χ2v) is 6.12. The Labute approximate surface area is 132 Å². The first kappa shape index (κ1) is 14.6. The monoisotopic (exact) mass is 315 g/mol. The van der Waals surface area contributed by atoms with Gasteiger partial charge >= 0.3 is 0 Å². The van der Waals surface area contributed by atoms with Crippen LogP contribution in [0.1, 0.15) is 28.2 Å². The molecule has 0 bridgehead atoms. The zero-order valence-corrected chi connectivity index (χ0v) is 13.4. The van der Waals surface area contributed by atoms with Crippen molar-refractivity contribution in [2.24, 2.45) is 0 Å². The second kappa shape index (κ2) is 6.23. The van der Waals surface area contributed by atoms with Crippen LogP contribution in [0.25, 0.3) is 5.78 Å². The van der Waals surface area contributed by atoms with Gasteiger partial charge < -0.3 is 5.32 Å². The molecule has 3 aromatic heterocycles. The van der Waals surface area contributed by atoms with Crippen LogP contribution in [0.5, 0.6) is 0 Å². The van der Waals surface area contributed by atoms with E-state index in [-0.39, 0.29) is 5.91 Å². The van der Waals surface area contributed by atoms with Gasteiger partial charge in [-0.1, -0.05) is 6.07 Å². The third kappa shape index (κ3) is 2.99. The lowest BCUT2D eigenvalue weighted by atomic mass is 10.1. The summed E-state index contributed by atoms with van der Waals surface area (Å²) in [5, 5.41) is 9.11. The van der Waals surface area contributed by atoms with E-state index >= 15 is 0 Å². The van der Waals surface area contributed by atoms with E-state index in [0.29, 0.717) is 25.2 Å². The first-order chi connectivity index (χ1) is 10.6. The Morgan fingerprint density at radius 1 is 1.41 bits per heavy atom. The molecule has 0 atom stereocenters. The smallest absolute Gasteiger partial charge is 0.252 e. The van der Waals surface area contributed by atoms with Crippen LogP contribution in [-0.2, 0) is 17.8 Å².